The van der Waals surface area contributed by atoms with E-state index in [1.54, 1.807) is 0 Å². The number of anilines is 1. The quantitative estimate of drug-likeness (QED) is 0.331. The van der Waals surface area contributed by atoms with Gasteiger partial charge in [-0.25, -0.2) is 4.98 Å². The summed E-state index contributed by atoms with van der Waals surface area (Å²) in [5.41, 5.74) is 4.08. The molecule has 1 atom stereocenters. The minimum Gasteiger partial charge on any atom is -0.417 e. The van der Waals surface area contributed by atoms with Crippen LogP contribution < -0.4 is 4.90 Å². The van der Waals surface area contributed by atoms with Crippen LogP contribution in [-0.2, 0) is 4.43 Å². The van der Waals surface area contributed by atoms with Crippen LogP contribution in [0.15, 0.2) is 66.9 Å². The van der Waals surface area contributed by atoms with Crippen LogP contribution in [0.25, 0.3) is 22.5 Å². The third kappa shape index (κ3) is 5.58. The van der Waals surface area contributed by atoms with Gasteiger partial charge in [0.15, 0.2) is 8.32 Å². The molecule has 4 rings (SSSR count). The predicted molar refractivity (Wildman–Crippen MR) is 146 cm³/mol. The monoisotopic (exact) mass is 473 g/mol. The molecule has 0 radical (unpaired) electrons. The van der Waals surface area contributed by atoms with Gasteiger partial charge < -0.3 is 9.33 Å². The van der Waals surface area contributed by atoms with E-state index in [9.17, 15) is 0 Å². The molecule has 1 fully saturated rings. The van der Waals surface area contributed by atoms with E-state index in [0.717, 1.165) is 47.9 Å². The highest BCUT2D eigenvalue weighted by atomic mass is 28.4. The summed E-state index contributed by atoms with van der Waals surface area (Å²) >= 11 is 0. The van der Waals surface area contributed by atoms with Crippen LogP contribution in [0.2, 0.25) is 18.1 Å². The Bertz CT molecular complexity index is 1060. The van der Waals surface area contributed by atoms with E-state index in [0.29, 0.717) is 6.04 Å². The molecule has 0 saturated carbocycles. The Morgan fingerprint density at radius 2 is 1.53 bits per heavy atom. The van der Waals surface area contributed by atoms with Gasteiger partial charge in [-0.1, -0.05) is 81.4 Å². The fourth-order valence-electron chi connectivity index (χ4n) is 4.39. The summed E-state index contributed by atoms with van der Waals surface area (Å²) in [7, 11) is -1.74. The first-order valence-electron chi connectivity index (χ1n) is 12.6. The molecule has 1 aliphatic rings. The summed E-state index contributed by atoms with van der Waals surface area (Å²) in [6.07, 6.45) is 6.66. The molecule has 0 amide bonds. The number of hydrogen-bond acceptors (Lipinski definition) is 4. The lowest BCUT2D eigenvalue weighted by Gasteiger charge is -2.39. The van der Waals surface area contributed by atoms with Gasteiger partial charge >= 0.3 is 0 Å². The Hall–Kier alpha value is -2.50. The SMILES string of the molecule is CC(C)(C)[Si](C)(C)OCCC1CCCCN1c1cnc(-c2ccccc2)c(-c2ccccc2)n1. The van der Waals surface area contributed by atoms with Crippen LogP contribution >= 0.6 is 0 Å². The van der Waals surface area contributed by atoms with Crippen molar-refractivity contribution in [3.05, 3.63) is 66.9 Å². The maximum Gasteiger partial charge on any atom is 0.191 e. The molecule has 0 bridgehead atoms. The average molecular weight is 474 g/mol. The van der Waals surface area contributed by atoms with Crippen LogP contribution in [0.1, 0.15) is 46.5 Å². The minimum absolute atomic E-state index is 0.239. The van der Waals surface area contributed by atoms with Crippen LogP contribution in [0, 0.1) is 0 Å². The van der Waals surface area contributed by atoms with Crippen LogP contribution in [0.4, 0.5) is 5.82 Å². The Morgan fingerprint density at radius 3 is 2.15 bits per heavy atom. The predicted octanol–water partition coefficient (Wildman–Crippen LogP) is 7.58. The summed E-state index contributed by atoms with van der Waals surface area (Å²) in [5.74, 6) is 0.982. The molecule has 0 spiro atoms. The first-order chi connectivity index (χ1) is 16.3. The molecular formula is C29H39N3OSi. The Balaban J connectivity index is 1.60. The summed E-state index contributed by atoms with van der Waals surface area (Å²) < 4.78 is 6.53. The van der Waals surface area contributed by atoms with E-state index in [4.69, 9.17) is 14.4 Å². The van der Waals surface area contributed by atoms with Gasteiger partial charge in [0, 0.05) is 30.3 Å². The Kier molecular flexibility index (Phi) is 7.53. The van der Waals surface area contributed by atoms with Gasteiger partial charge in [0.2, 0.25) is 0 Å². The molecule has 3 aromatic rings. The number of rotatable bonds is 7. The van der Waals surface area contributed by atoms with E-state index in [1.807, 2.05) is 18.3 Å². The summed E-state index contributed by atoms with van der Waals surface area (Å²) in [6, 6.07) is 21.3. The molecule has 1 aromatic heterocycles. The number of benzene rings is 2. The van der Waals surface area contributed by atoms with Gasteiger partial charge in [0.25, 0.3) is 0 Å². The number of hydrogen-bond donors (Lipinski definition) is 0. The van der Waals surface area contributed by atoms with Gasteiger partial charge in [0.1, 0.15) is 5.82 Å². The minimum atomic E-state index is -1.74. The van der Waals surface area contributed by atoms with E-state index in [1.165, 1.54) is 19.3 Å². The molecule has 1 saturated heterocycles. The second kappa shape index (κ2) is 10.4. The standard InChI is InChI=1S/C29H39N3OSi/c1-29(2,3)34(4,5)33-21-19-25-18-12-13-20-32(25)26-22-30-27(23-14-8-6-9-15-23)28(31-26)24-16-10-7-11-17-24/h6-11,14-17,22,25H,12-13,18-21H2,1-5H3. The molecule has 0 aliphatic carbocycles. The lowest BCUT2D eigenvalue weighted by Crippen LogP contribution is -2.44. The van der Waals surface area contributed by atoms with Gasteiger partial charge in [-0.15, -0.1) is 0 Å². The van der Waals surface area contributed by atoms with Gasteiger partial charge in [-0.2, -0.15) is 0 Å². The van der Waals surface area contributed by atoms with Crippen molar-refractivity contribution in [3.8, 4) is 22.5 Å². The molecule has 5 heteroatoms. The van der Waals surface area contributed by atoms with Crippen molar-refractivity contribution < 1.29 is 4.43 Å². The number of piperidine rings is 1. The van der Waals surface area contributed by atoms with Gasteiger partial charge in [-0.3, -0.25) is 4.98 Å². The molecular weight excluding hydrogens is 434 g/mol. The highest BCUT2D eigenvalue weighted by molar-refractivity contribution is 6.74. The van der Waals surface area contributed by atoms with Gasteiger partial charge in [0.05, 0.1) is 17.6 Å². The molecule has 1 aliphatic heterocycles. The van der Waals surface area contributed by atoms with Crippen molar-refractivity contribution in [2.45, 2.75) is 70.6 Å². The second-order valence-electron chi connectivity index (χ2n) is 10.9. The highest BCUT2D eigenvalue weighted by Gasteiger charge is 2.37. The normalized spacial score (nSPS) is 17.1. The van der Waals surface area contributed by atoms with E-state index in [2.05, 4.69) is 87.3 Å². The first kappa shape index (κ1) is 24.6. The van der Waals surface area contributed by atoms with Crippen molar-refractivity contribution in [3.63, 3.8) is 0 Å². The Labute approximate surface area is 206 Å². The zero-order chi connectivity index (χ0) is 24.2. The van der Waals surface area contributed by atoms with Gasteiger partial charge in [-0.05, 0) is 43.8 Å². The van der Waals surface area contributed by atoms with E-state index >= 15 is 0 Å². The van der Waals surface area contributed by atoms with E-state index < -0.39 is 8.32 Å². The number of nitrogens with zero attached hydrogens (tertiary/aromatic N) is 3. The third-order valence-corrected chi connectivity index (χ3v) is 12.0. The lowest BCUT2D eigenvalue weighted by molar-refractivity contribution is 0.259. The average Bonchev–Trinajstić information content (AvgIpc) is 2.84. The molecule has 180 valence electrons. The van der Waals surface area contributed by atoms with Crippen molar-refractivity contribution in [2.75, 3.05) is 18.1 Å². The first-order valence-corrected chi connectivity index (χ1v) is 15.6. The van der Waals surface area contributed by atoms with Crippen molar-refractivity contribution >= 4 is 14.1 Å². The second-order valence-corrected chi connectivity index (χ2v) is 15.7. The fourth-order valence-corrected chi connectivity index (χ4v) is 5.45. The van der Waals surface area contributed by atoms with Crippen molar-refractivity contribution in [2.24, 2.45) is 0 Å². The highest BCUT2D eigenvalue weighted by Crippen LogP contribution is 2.37. The van der Waals surface area contributed by atoms with Crippen LogP contribution in [-0.4, -0.2) is 37.5 Å². The lowest BCUT2D eigenvalue weighted by atomic mass is 9.99. The van der Waals surface area contributed by atoms with Crippen molar-refractivity contribution in [1.82, 2.24) is 9.97 Å². The molecule has 4 nitrogen and oxygen atoms in total. The van der Waals surface area contributed by atoms with E-state index in [-0.39, 0.29) is 5.04 Å². The Morgan fingerprint density at radius 1 is 0.912 bits per heavy atom. The molecule has 2 heterocycles. The zero-order valence-corrected chi connectivity index (χ0v) is 22.4. The molecule has 1 unspecified atom stereocenters. The third-order valence-electron chi connectivity index (χ3n) is 7.50. The summed E-state index contributed by atoms with van der Waals surface area (Å²) in [6.45, 7) is 13.4. The number of aromatic nitrogens is 2. The zero-order valence-electron chi connectivity index (χ0n) is 21.4. The molecule has 2 aromatic carbocycles. The molecule has 0 N–H and O–H groups in total. The summed E-state index contributed by atoms with van der Waals surface area (Å²) in [4.78, 5) is 12.7. The topological polar surface area (TPSA) is 38.2 Å². The maximum absolute atomic E-state index is 6.53. The summed E-state index contributed by atoms with van der Waals surface area (Å²) in [5, 5.41) is 0.239. The molecule has 34 heavy (non-hydrogen) atoms. The smallest absolute Gasteiger partial charge is 0.191 e. The van der Waals surface area contributed by atoms with Crippen LogP contribution in [0.5, 0.6) is 0 Å². The van der Waals surface area contributed by atoms with Crippen LogP contribution in [0.3, 0.4) is 0 Å². The van der Waals surface area contributed by atoms with Crippen molar-refractivity contribution in [1.29, 1.82) is 0 Å². The fraction of sp³-hybridized carbons (Fsp3) is 0.448. The largest absolute Gasteiger partial charge is 0.417 e. The maximum atomic E-state index is 6.53.